The molecule has 26 heavy (non-hydrogen) atoms. The Morgan fingerprint density at radius 2 is 2.00 bits per heavy atom. The molecule has 1 aliphatic rings. The number of carboxylic acid groups (broad SMARTS) is 1. The van der Waals surface area contributed by atoms with Crippen LogP contribution in [0.2, 0.25) is 0 Å². The van der Waals surface area contributed by atoms with E-state index < -0.39 is 6.09 Å². The second-order valence-electron chi connectivity index (χ2n) is 7.81. The summed E-state index contributed by atoms with van der Waals surface area (Å²) < 4.78 is 1.97. The lowest BCUT2D eigenvalue weighted by Crippen LogP contribution is -2.31. The van der Waals surface area contributed by atoms with E-state index in [1.165, 1.54) is 0 Å². The molecule has 1 amide bonds. The van der Waals surface area contributed by atoms with Crippen molar-refractivity contribution in [1.29, 1.82) is 0 Å². The number of nitrogens with one attached hydrogen (secondary N) is 2. The summed E-state index contributed by atoms with van der Waals surface area (Å²) in [5, 5.41) is 19.7. The van der Waals surface area contributed by atoms with Crippen molar-refractivity contribution in [2.24, 2.45) is 0 Å². The molecule has 0 aliphatic heterocycles. The van der Waals surface area contributed by atoms with Gasteiger partial charge in [-0.25, -0.2) is 14.5 Å². The Balaban J connectivity index is 1.86. The van der Waals surface area contributed by atoms with Crippen LogP contribution < -0.4 is 10.6 Å². The molecule has 3 rings (SSSR count). The maximum absolute atomic E-state index is 10.9. The summed E-state index contributed by atoms with van der Waals surface area (Å²) in [5.74, 6) is 1.82. The minimum atomic E-state index is -0.962. The van der Waals surface area contributed by atoms with Gasteiger partial charge in [0.1, 0.15) is 5.82 Å². The first-order valence-corrected chi connectivity index (χ1v) is 8.88. The summed E-state index contributed by atoms with van der Waals surface area (Å²) >= 11 is 0. The average Bonchev–Trinajstić information content (AvgIpc) is 3.15. The van der Waals surface area contributed by atoms with Gasteiger partial charge in [-0.05, 0) is 47.0 Å². The fourth-order valence-corrected chi connectivity index (χ4v) is 3.41. The topological polar surface area (TPSA) is 105 Å². The zero-order valence-electron chi connectivity index (χ0n) is 15.7. The van der Waals surface area contributed by atoms with Gasteiger partial charge in [0.2, 0.25) is 0 Å². The molecule has 2 aromatic rings. The van der Waals surface area contributed by atoms with E-state index in [2.05, 4.69) is 41.4 Å². The van der Waals surface area contributed by atoms with Crippen LogP contribution in [-0.2, 0) is 5.54 Å². The standard InChI is InChI=1S/C18H26N6O2/c1-11-16(20-8-7-19-11)22-15-10-14(23-24(15)18(2,3)4)12-5-6-13(9-12)21-17(25)26/h7-8,10,12-13,21H,5-6,9H2,1-4H3,(H,20,22)(H,25,26)/t12-,13?/m0/s1. The van der Waals surface area contributed by atoms with Crippen LogP contribution in [0.4, 0.5) is 16.4 Å². The summed E-state index contributed by atoms with van der Waals surface area (Å²) in [6, 6.07) is 2.05. The predicted octanol–water partition coefficient (Wildman–Crippen LogP) is 3.38. The van der Waals surface area contributed by atoms with Crippen molar-refractivity contribution in [3.8, 4) is 0 Å². The zero-order chi connectivity index (χ0) is 18.9. The van der Waals surface area contributed by atoms with Crippen LogP contribution in [0.15, 0.2) is 18.5 Å². The Bertz CT molecular complexity index is 795. The van der Waals surface area contributed by atoms with Crippen LogP contribution in [0.25, 0.3) is 0 Å². The highest BCUT2D eigenvalue weighted by Gasteiger charge is 2.30. The quantitative estimate of drug-likeness (QED) is 0.774. The highest BCUT2D eigenvalue weighted by Crippen LogP contribution is 2.36. The van der Waals surface area contributed by atoms with Crippen LogP contribution in [0.3, 0.4) is 0 Å². The summed E-state index contributed by atoms with van der Waals surface area (Å²) in [7, 11) is 0. The van der Waals surface area contributed by atoms with Crippen molar-refractivity contribution in [1.82, 2.24) is 25.1 Å². The number of aryl methyl sites for hydroxylation is 1. The smallest absolute Gasteiger partial charge is 0.404 e. The lowest BCUT2D eigenvalue weighted by atomic mass is 10.0. The van der Waals surface area contributed by atoms with E-state index in [0.717, 1.165) is 36.5 Å². The van der Waals surface area contributed by atoms with Gasteiger partial charge in [0.15, 0.2) is 5.82 Å². The fraction of sp³-hybridized carbons (Fsp3) is 0.556. The van der Waals surface area contributed by atoms with E-state index in [0.29, 0.717) is 5.82 Å². The monoisotopic (exact) mass is 358 g/mol. The molecular weight excluding hydrogens is 332 g/mol. The Labute approximate surface area is 153 Å². The van der Waals surface area contributed by atoms with E-state index in [1.807, 2.05) is 17.7 Å². The van der Waals surface area contributed by atoms with E-state index in [1.54, 1.807) is 12.4 Å². The summed E-state index contributed by atoms with van der Waals surface area (Å²) in [5.41, 5.74) is 1.61. The third-order valence-corrected chi connectivity index (χ3v) is 4.67. The number of hydrogen-bond acceptors (Lipinski definition) is 5. The molecule has 2 aromatic heterocycles. The third-order valence-electron chi connectivity index (χ3n) is 4.67. The summed E-state index contributed by atoms with van der Waals surface area (Å²) in [6.07, 6.45) is 4.91. The van der Waals surface area contributed by atoms with Gasteiger partial charge in [-0.1, -0.05) is 0 Å². The van der Waals surface area contributed by atoms with Gasteiger partial charge < -0.3 is 15.7 Å². The molecule has 0 radical (unpaired) electrons. The van der Waals surface area contributed by atoms with Gasteiger partial charge in [-0.3, -0.25) is 4.98 Å². The third kappa shape index (κ3) is 3.95. The van der Waals surface area contributed by atoms with Crippen molar-refractivity contribution < 1.29 is 9.90 Å². The number of rotatable bonds is 4. The molecule has 1 fully saturated rings. The SMILES string of the molecule is Cc1nccnc1Nc1cc([C@H]2CCC(NC(=O)O)C2)nn1C(C)(C)C. The molecule has 2 atom stereocenters. The molecule has 0 bridgehead atoms. The molecule has 8 nitrogen and oxygen atoms in total. The van der Waals surface area contributed by atoms with Crippen molar-refractivity contribution >= 4 is 17.7 Å². The number of aromatic nitrogens is 4. The maximum Gasteiger partial charge on any atom is 0.404 e. The average molecular weight is 358 g/mol. The molecule has 1 unspecified atom stereocenters. The second-order valence-corrected chi connectivity index (χ2v) is 7.81. The molecule has 0 aromatic carbocycles. The van der Waals surface area contributed by atoms with Crippen molar-refractivity contribution in [3.05, 3.63) is 29.8 Å². The highest BCUT2D eigenvalue weighted by atomic mass is 16.4. The molecule has 1 aliphatic carbocycles. The minimum Gasteiger partial charge on any atom is -0.465 e. The Morgan fingerprint density at radius 1 is 1.27 bits per heavy atom. The second kappa shape index (κ2) is 6.93. The molecule has 0 spiro atoms. The van der Waals surface area contributed by atoms with E-state index in [4.69, 9.17) is 10.2 Å². The first-order valence-electron chi connectivity index (χ1n) is 8.88. The lowest BCUT2D eigenvalue weighted by molar-refractivity contribution is 0.190. The Morgan fingerprint density at radius 3 is 2.65 bits per heavy atom. The van der Waals surface area contributed by atoms with Crippen molar-refractivity contribution in [2.75, 3.05) is 5.32 Å². The maximum atomic E-state index is 10.9. The molecule has 2 heterocycles. The van der Waals surface area contributed by atoms with Gasteiger partial charge in [0.25, 0.3) is 0 Å². The van der Waals surface area contributed by atoms with Gasteiger partial charge in [0, 0.05) is 30.4 Å². The highest BCUT2D eigenvalue weighted by molar-refractivity contribution is 5.65. The normalized spacial score (nSPS) is 20.2. The van der Waals surface area contributed by atoms with Crippen LogP contribution in [0.1, 0.15) is 57.3 Å². The lowest BCUT2D eigenvalue weighted by Gasteiger charge is -2.23. The van der Waals surface area contributed by atoms with Crippen molar-refractivity contribution in [3.63, 3.8) is 0 Å². The van der Waals surface area contributed by atoms with E-state index in [9.17, 15) is 4.79 Å². The van der Waals surface area contributed by atoms with Crippen LogP contribution in [0.5, 0.6) is 0 Å². The molecule has 3 N–H and O–H groups in total. The summed E-state index contributed by atoms with van der Waals surface area (Å²) in [6.45, 7) is 8.21. The number of hydrogen-bond donors (Lipinski definition) is 3. The van der Waals surface area contributed by atoms with Crippen LogP contribution in [-0.4, -0.2) is 37.0 Å². The summed E-state index contributed by atoms with van der Waals surface area (Å²) in [4.78, 5) is 19.5. The van der Waals surface area contributed by atoms with E-state index >= 15 is 0 Å². The number of anilines is 2. The van der Waals surface area contributed by atoms with Gasteiger partial charge in [-0.15, -0.1) is 0 Å². The number of nitrogens with zero attached hydrogens (tertiary/aromatic N) is 4. The predicted molar refractivity (Wildman–Crippen MR) is 98.8 cm³/mol. The number of carbonyl (C=O) groups is 1. The van der Waals surface area contributed by atoms with Crippen molar-refractivity contribution in [2.45, 2.75) is 64.5 Å². The molecule has 140 valence electrons. The first-order chi connectivity index (χ1) is 12.2. The Hall–Kier alpha value is -2.64. The van der Waals surface area contributed by atoms with Gasteiger partial charge >= 0.3 is 6.09 Å². The molecule has 1 saturated carbocycles. The van der Waals surface area contributed by atoms with Crippen LogP contribution >= 0.6 is 0 Å². The molecular formula is C18H26N6O2. The zero-order valence-corrected chi connectivity index (χ0v) is 15.7. The minimum absolute atomic E-state index is 0.00377. The fourth-order valence-electron chi connectivity index (χ4n) is 3.41. The van der Waals surface area contributed by atoms with Gasteiger partial charge in [0.05, 0.1) is 16.9 Å². The first kappa shape index (κ1) is 18.2. The van der Waals surface area contributed by atoms with Crippen LogP contribution in [0, 0.1) is 6.92 Å². The largest absolute Gasteiger partial charge is 0.465 e. The van der Waals surface area contributed by atoms with Gasteiger partial charge in [-0.2, -0.15) is 5.10 Å². The number of amides is 1. The molecule has 0 saturated heterocycles. The van der Waals surface area contributed by atoms with E-state index in [-0.39, 0.29) is 17.5 Å². The molecule has 8 heteroatoms. The Kier molecular flexibility index (Phi) is 4.84.